The van der Waals surface area contributed by atoms with Crippen molar-refractivity contribution in [3.05, 3.63) is 28.0 Å². The number of nitrogens with one attached hydrogen (secondary N) is 1. The maximum Gasteiger partial charge on any atom is 0.252 e. The van der Waals surface area contributed by atoms with Crippen LogP contribution in [0, 0.1) is 0 Å². The summed E-state index contributed by atoms with van der Waals surface area (Å²) in [6.45, 7) is 0.0829. The van der Waals surface area contributed by atoms with Crippen molar-refractivity contribution in [3.8, 4) is 0 Å². The van der Waals surface area contributed by atoms with Crippen molar-refractivity contribution in [2.45, 2.75) is 0 Å². The van der Waals surface area contributed by atoms with Crippen molar-refractivity contribution < 1.29 is 9.90 Å². The lowest BCUT2D eigenvalue weighted by atomic mass is 10.3. The Hall–Kier alpha value is -0.840. The molecule has 0 fully saturated rings. The molecule has 0 aliphatic rings. The van der Waals surface area contributed by atoms with E-state index in [1.165, 1.54) is 12.3 Å². The Morgan fingerprint density at radius 3 is 2.86 bits per heavy atom. The van der Waals surface area contributed by atoms with Crippen LogP contribution in [0.5, 0.6) is 0 Å². The van der Waals surface area contributed by atoms with Crippen LogP contribution in [0.25, 0.3) is 0 Å². The Morgan fingerprint density at radius 1 is 1.57 bits per heavy atom. The molecule has 0 aliphatic heterocycles. The number of hydrogen-bond acceptors (Lipinski definition) is 3. The molecule has 1 amide bonds. The highest BCUT2D eigenvalue weighted by Crippen LogP contribution is 2.19. The molecule has 1 aromatic rings. The second-order valence-corrected chi connectivity index (χ2v) is 3.24. The lowest BCUT2D eigenvalue weighted by Gasteiger charge is -2.03. The van der Waals surface area contributed by atoms with E-state index in [2.05, 4.69) is 10.3 Å². The van der Waals surface area contributed by atoms with E-state index in [9.17, 15) is 4.79 Å². The predicted octanol–water partition coefficient (Wildman–Crippen LogP) is 1.11. The van der Waals surface area contributed by atoms with Crippen LogP contribution < -0.4 is 5.32 Å². The minimum Gasteiger partial charge on any atom is -0.395 e. The zero-order valence-corrected chi connectivity index (χ0v) is 8.64. The van der Waals surface area contributed by atoms with Gasteiger partial charge in [-0.15, -0.1) is 0 Å². The Morgan fingerprint density at radius 2 is 2.29 bits per heavy atom. The molecular weight excluding hydrogens is 227 g/mol. The van der Waals surface area contributed by atoms with Crippen LogP contribution in [0.1, 0.15) is 10.4 Å². The van der Waals surface area contributed by atoms with E-state index in [0.29, 0.717) is 5.56 Å². The molecule has 1 aromatic heterocycles. The summed E-state index contributed by atoms with van der Waals surface area (Å²) in [6, 6.07) is 1.42. The third kappa shape index (κ3) is 2.83. The average Bonchev–Trinajstić information content (AvgIpc) is 2.18. The molecule has 0 bridgehead atoms. The van der Waals surface area contributed by atoms with Crippen molar-refractivity contribution in [3.63, 3.8) is 0 Å². The number of amides is 1. The Labute approximate surface area is 90.9 Å². The topological polar surface area (TPSA) is 62.2 Å². The maximum atomic E-state index is 11.3. The van der Waals surface area contributed by atoms with Gasteiger partial charge in [-0.3, -0.25) is 4.79 Å². The van der Waals surface area contributed by atoms with Crippen LogP contribution in [0.3, 0.4) is 0 Å². The number of halogens is 2. The molecule has 0 unspecified atom stereocenters. The average molecular weight is 235 g/mol. The van der Waals surface area contributed by atoms with Gasteiger partial charge in [0.15, 0.2) is 0 Å². The minimum atomic E-state index is -0.342. The fourth-order valence-electron chi connectivity index (χ4n) is 0.817. The molecule has 0 aliphatic carbocycles. The SMILES string of the molecule is O=C(NCCO)c1cnc(Cl)c(Cl)c1. The third-order valence-electron chi connectivity index (χ3n) is 1.46. The summed E-state index contributed by atoms with van der Waals surface area (Å²) >= 11 is 11.2. The first-order chi connectivity index (χ1) is 6.65. The van der Waals surface area contributed by atoms with Gasteiger partial charge in [0.2, 0.25) is 0 Å². The van der Waals surface area contributed by atoms with Crippen LogP contribution in [0.4, 0.5) is 0 Å². The highest BCUT2D eigenvalue weighted by Gasteiger charge is 2.07. The molecule has 6 heteroatoms. The van der Waals surface area contributed by atoms with Gasteiger partial charge in [-0.05, 0) is 6.07 Å². The molecule has 14 heavy (non-hydrogen) atoms. The maximum absolute atomic E-state index is 11.3. The molecule has 1 rings (SSSR count). The number of rotatable bonds is 3. The van der Waals surface area contributed by atoms with Gasteiger partial charge in [0.1, 0.15) is 5.15 Å². The van der Waals surface area contributed by atoms with E-state index in [1.54, 1.807) is 0 Å². The summed E-state index contributed by atoms with van der Waals surface area (Å²) in [5.74, 6) is -0.342. The van der Waals surface area contributed by atoms with Crippen molar-refractivity contribution in [2.75, 3.05) is 13.2 Å². The van der Waals surface area contributed by atoms with Gasteiger partial charge in [0.05, 0.1) is 17.2 Å². The molecule has 0 saturated carbocycles. The monoisotopic (exact) mass is 234 g/mol. The van der Waals surface area contributed by atoms with E-state index in [0.717, 1.165) is 0 Å². The van der Waals surface area contributed by atoms with Crippen LogP contribution in [-0.4, -0.2) is 29.1 Å². The smallest absolute Gasteiger partial charge is 0.252 e. The molecule has 0 saturated heterocycles. The lowest BCUT2D eigenvalue weighted by molar-refractivity contribution is 0.0944. The second-order valence-electron chi connectivity index (χ2n) is 2.48. The summed E-state index contributed by atoms with van der Waals surface area (Å²) in [7, 11) is 0. The van der Waals surface area contributed by atoms with Crippen LogP contribution in [0.2, 0.25) is 10.2 Å². The molecule has 76 valence electrons. The number of pyridine rings is 1. The predicted molar refractivity (Wildman–Crippen MR) is 53.7 cm³/mol. The van der Waals surface area contributed by atoms with E-state index < -0.39 is 0 Å². The van der Waals surface area contributed by atoms with E-state index in [4.69, 9.17) is 28.3 Å². The number of hydrogen-bond donors (Lipinski definition) is 2. The van der Waals surface area contributed by atoms with Gasteiger partial charge < -0.3 is 10.4 Å². The van der Waals surface area contributed by atoms with Gasteiger partial charge >= 0.3 is 0 Å². The Balaban J connectivity index is 2.76. The summed E-state index contributed by atoms with van der Waals surface area (Å²) in [4.78, 5) is 15.0. The molecule has 0 spiro atoms. The molecule has 0 atom stereocenters. The lowest BCUT2D eigenvalue weighted by Crippen LogP contribution is -2.26. The highest BCUT2D eigenvalue weighted by atomic mass is 35.5. The largest absolute Gasteiger partial charge is 0.395 e. The number of carbonyl (C=O) groups excluding carboxylic acids is 1. The first-order valence-corrected chi connectivity index (χ1v) is 4.61. The van der Waals surface area contributed by atoms with Gasteiger partial charge in [-0.2, -0.15) is 0 Å². The van der Waals surface area contributed by atoms with Crippen molar-refractivity contribution >= 4 is 29.1 Å². The van der Waals surface area contributed by atoms with E-state index >= 15 is 0 Å². The molecular formula is C8H8Cl2N2O2. The number of aliphatic hydroxyl groups is 1. The quantitative estimate of drug-likeness (QED) is 0.771. The second kappa shape index (κ2) is 5.14. The number of aliphatic hydroxyl groups excluding tert-OH is 1. The number of nitrogens with zero attached hydrogens (tertiary/aromatic N) is 1. The summed E-state index contributed by atoms with van der Waals surface area (Å²) in [6.07, 6.45) is 1.32. The number of aromatic nitrogens is 1. The standard InChI is InChI=1S/C8H8Cl2N2O2/c9-6-3-5(4-12-7(6)10)8(14)11-1-2-13/h3-4,13H,1-2H2,(H,11,14). The molecule has 0 radical (unpaired) electrons. The highest BCUT2D eigenvalue weighted by molar-refractivity contribution is 6.41. The van der Waals surface area contributed by atoms with Crippen LogP contribution in [-0.2, 0) is 0 Å². The molecule has 1 heterocycles. The first kappa shape index (κ1) is 11.2. The van der Waals surface area contributed by atoms with Crippen LogP contribution >= 0.6 is 23.2 Å². The van der Waals surface area contributed by atoms with Crippen molar-refractivity contribution in [1.29, 1.82) is 0 Å². The minimum absolute atomic E-state index is 0.111. The summed E-state index contributed by atoms with van der Waals surface area (Å²) < 4.78 is 0. The molecule has 2 N–H and O–H groups in total. The summed E-state index contributed by atoms with van der Waals surface area (Å²) in [5, 5.41) is 11.3. The normalized spacial score (nSPS) is 9.93. The summed E-state index contributed by atoms with van der Waals surface area (Å²) in [5.41, 5.74) is 0.313. The Bertz CT molecular complexity index is 344. The Kier molecular flexibility index (Phi) is 4.13. The van der Waals surface area contributed by atoms with Gasteiger partial charge in [0.25, 0.3) is 5.91 Å². The van der Waals surface area contributed by atoms with Crippen LogP contribution in [0.15, 0.2) is 12.3 Å². The number of carbonyl (C=O) groups is 1. The van der Waals surface area contributed by atoms with E-state index in [-0.39, 0.29) is 29.2 Å². The molecule has 0 aromatic carbocycles. The van der Waals surface area contributed by atoms with Crippen molar-refractivity contribution in [2.24, 2.45) is 0 Å². The first-order valence-electron chi connectivity index (χ1n) is 3.85. The fraction of sp³-hybridized carbons (Fsp3) is 0.250. The molecule has 4 nitrogen and oxygen atoms in total. The van der Waals surface area contributed by atoms with Gasteiger partial charge in [0, 0.05) is 12.7 Å². The van der Waals surface area contributed by atoms with Gasteiger partial charge in [-0.1, -0.05) is 23.2 Å². The fourth-order valence-corrected chi connectivity index (χ4v) is 1.09. The zero-order valence-electron chi connectivity index (χ0n) is 7.13. The zero-order chi connectivity index (χ0) is 10.6. The third-order valence-corrected chi connectivity index (χ3v) is 2.14. The van der Waals surface area contributed by atoms with Crippen molar-refractivity contribution in [1.82, 2.24) is 10.3 Å². The van der Waals surface area contributed by atoms with E-state index in [1.807, 2.05) is 0 Å². The van der Waals surface area contributed by atoms with Gasteiger partial charge in [-0.25, -0.2) is 4.98 Å².